The Bertz CT molecular complexity index is 1380. The van der Waals surface area contributed by atoms with Crippen LogP contribution in [0.3, 0.4) is 0 Å². The molecule has 2 amide bonds. The summed E-state index contributed by atoms with van der Waals surface area (Å²) in [5, 5.41) is 18.1. The van der Waals surface area contributed by atoms with Crippen molar-refractivity contribution in [2.45, 2.75) is 56.2 Å². The van der Waals surface area contributed by atoms with Gasteiger partial charge < -0.3 is 30.4 Å². The van der Waals surface area contributed by atoms with Crippen LogP contribution in [0.1, 0.15) is 64.1 Å². The van der Waals surface area contributed by atoms with Crippen molar-refractivity contribution in [2.75, 3.05) is 27.7 Å². The number of nitrogens with zero attached hydrogens (tertiary/aromatic N) is 1. The fraction of sp³-hybridized carbons (Fsp3) is 0.406. The van der Waals surface area contributed by atoms with Gasteiger partial charge in [-0.2, -0.15) is 0 Å². The van der Waals surface area contributed by atoms with Gasteiger partial charge in [0.1, 0.15) is 11.4 Å². The van der Waals surface area contributed by atoms with Gasteiger partial charge in [0, 0.05) is 37.8 Å². The van der Waals surface area contributed by atoms with E-state index in [2.05, 4.69) is 21.7 Å². The van der Waals surface area contributed by atoms with E-state index in [0.29, 0.717) is 6.42 Å². The van der Waals surface area contributed by atoms with Gasteiger partial charge in [0.25, 0.3) is 11.8 Å². The quantitative estimate of drug-likeness (QED) is 0.286. The third-order valence-electron chi connectivity index (χ3n) is 7.80. The van der Waals surface area contributed by atoms with Crippen molar-refractivity contribution < 1.29 is 19.4 Å². The van der Waals surface area contributed by atoms with Crippen LogP contribution in [-0.4, -0.2) is 66.7 Å². The van der Waals surface area contributed by atoms with Crippen LogP contribution >= 0.6 is 0 Å². The van der Waals surface area contributed by atoms with Crippen LogP contribution in [0.25, 0.3) is 0 Å². The zero-order valence-corrected chi connectivity index (χ0v) is 24.0. The highest BCUT2D eigenvalue weighted by Crippen LogP contribution is 2.38. The maximum absolute atomic E-state index is 13.4. The maximum atomic E-state index is 13.4. The van der Waals surface area contributed by atoms with Crippen molar-refractivity contribution in [1.29, 1.82) is 0 Å². The summed E-state index contributed by atoms with van der Waals surface area (Å²) in [6.07, 6.45) is 4.59. The number of H-pyrrole nitrogens is 1. The van der Waals surface area contributed by atoms with E-state index in [1.54, 1.807) is 21.2 Å². The number of benzene rings is 2. The number of carbonyl (C=O) groups is 2. The summed E-state index contributed by atoms with van der Waals surface area (Å²) in [6.45, 7) is 0.241. The lowest BCUT2D eigenvalue weighted by molar-refractivity contribution is 0.0784. The van der Waals surface area contributed by atoms with E-state index < -0.39 is 23.6 Å². The number of amides is 2. The van der Waals surface area contributed by atoms with Gasteiger partial charge in [-0.05, 0) is 48.6 Å². The second kappa shape index (κ2) is 13.6. The van der Waals surface area contributed by atoms with E-state index in [1.165, 1.54) is 17.0 Å². The number of aromatic amines is 1. The standard InChI is InChI=1S/C32H40N4O5/c1-36(2)31(40)23-18-27(34-29(38)19-23)30(39)35-26(17-22-11-6-4-7-12-22)28(37)21-33-32(15-8-5-9-16-32)24-13-10-14-25(20-24)41-3/h4,6-7,10-14,18-20,26,28,33,37H,5,8-9,15-17,21H2,1-3H3,(H,34,38)(H,35,39)/t26-,28+/m0/s1. The molecule has 4 rings (SSSR count). The van der Waals surface area contributed by atoms with Crippen LogP contribution in [0.5, 0.6) is 5.75 Å². The Morgan fingerprint density at radius 2 is 1.76 bits per heavy atom. The molecule has 0 radical (unpaired) electrons. The third kappa shape index (κ3) is 7.62. The lowest BCUT2D eigenvalue weighted by Gasteiger charge is -2.40. The minimum absolute atomic E-state index is 0.0407. The molecular formula is C32H40N4O5. The molecule has 1 heterocycles. The number of aliphatic hydroxyl groups excluding tert-OH is 1. The van der Waals surface area contributed by atoms with Gasteiger partial charge in [-0.3, -0.25) is 14.4 Å². The molecule has 2 atom stereocenters. The molecule has 3 aromatic rings. The van der Waals surface area contributed by atoms with Crippen LogP contribution in [0.2, 0.25) is 0 Å². The van der Waals surface area contributed by atoms with Gasteiger partial charge in [0.05, 0.1) is 19.3 Å². The van der Waals surface area contributed by atoms with Crippen LogP contribution in [0.15, 0.2) is 71.5 Å². The number of hydrogen-bond donors (Lipinski definition) is 4. The number of pyridine rings is 1. The predicted molar refractivity (Wildman–Crippen MR) is 158 cm³/mol. The van der Waals surface area contributed by atoms with Crippen molar-refractivity contribution in [1.82, 2.24) is 20.5 Å². The summed E-state index contributed by atoms with van der Waals surface area (Å²) in [6, 6.07) is 19.5. The first-order chi connectivity index (χ1) is 19.7. The van der Waals surface area contributed by atoms with Crippen LogP contribution in [-0.2, 0) is 12.0 Å². The highest BCUT2D eigenvalue weighted by Gasteiger charge is 2.35. The Morgan fingerprint density at radius 1 is 1.02 bits per heavy atom. The molecule has 0 spiro atoms. The van der Waals surface area contributed by atoms with Gasteiger partial charge in [0.2, 0.25) is 5.56 Å². The zero-order chi connectivity index (χ0) is 29.4. The lowest BCUT2D eigenvalue weighted by Crippen LogP contribution is -2.53. The molecule has 1 aromatic heterocycles. The summed E-state index contributed by atoms with van der Waals surface area (Å²) in [4.78, 5) is 41.9. The van der Waals surface area contributed by atoms with Crippen LogP contribution in [0.4, 0.5) is 0 Å². The zero-order valence-electron chi connectivity index (χ0n) is 24.0. The Hall–Kier alpha value is -3.95. The van der Waals surface area contributed by atoms with Crippen molar-refractivity contribution in [3.63, 3.8) is 0 Å². The highest BCUT2D eigenvalue weighted by atomic mass is 16.5. The first-order valence-corrected chi connectivity index (χ1v) is 14.1. The second-order valence-electron chi connectivity index (χ2n) is 10.9. The number of carbonyl (C=O) groups excluding carboxylic acids is 2. The number of nitrogens with one attached hydrogen (secondary N) is 3. The van der Waals surface area contributed by atoms with Gasteiger partial charge in [0.15, 0.2) is 0 Å². The molecule has 41 heavy (non-hydrogen) atoms. The van der Waals surface area contributed by atoms with E-state index >= 15 is 0 Å². The number of hydrogen-bond acceptors (Lipinski definition) is 6. The third-order valence-corrected chi connectivity index (χ3v) is 7.80. The summed E-state index contributed by atoms with van der Waals surface area (Å²) < 4.78 is 5.48. The molecule has 0 saturated heterocycles. The van der Waals surface area contributed by atoms with Gasteiger partial charge in [-0.1, -0.05) is 61.7 Å². The summed E-state index contributed by atoms with van der Waals surface area (Å²) >= 11 is 0. The highest BCUT2D eigenvalue weighted by molar-refractivity contribution is 5.98. The fourth-order valence-electron chi connectivity index (χ4n) is 5.53. The van der Waals surface area contributed by atoms with Crippen molar-refractivity contribution in [2.24, 2.45) is 0 Å². The Morgan fingerprint density at radius 3 is 2.44 bits per heavy atom. The summed E-state index contributed by atoms with van der Waals surface area (Å²) in [5.41, 5.74) is 1.27. The normalized spacial score (nSPS) is 15.9. The first-order valence-electron chi connectivity index (χ1n) is 14.1. The Kier molecular flexibility index (Phi) is 9.96. The van der Waals surface area contributed by atoms with Crippen molar-refractivity contribution in [3.05, 3.63) is 99.5 Å². The van der Waals surface area contributed by atoms with Gasteiger partial charge in [-0.25, -0.2) is 0 Å². The van der Waals surface area contributed by atoms with E-state index in [0.717, 1.165) is 49.0 Å². The van der Waals surface area contributed by atoms with Crippen LogP contribution < -0.4 is 20.9 Å². The van der Waals surface area contributed by atoms with E-state index in [9.17, 15) is 19.5 Å². The topological polar surface area (TPSA) is 124 Å². The molecule has 1 fully saturated rings. The Balaban J connectivity index is 1.57. The van der Waals surface area contributed by atoms with Gasteiger partial charge >= 0.3 is 0 Å². The number of aromatic nitrogens is 1. The second-order valence-corrected chi connectivity index (χ2v) is 10.9. The molecular weight excluding hydrogens is 520 g/mol. The summed E-state index contributed by atoms with van der Waals surface area (Å²) in [5.74, 6) is -0.172. The molecule has 1 aliphatic carbocycles. The molecule has 1 aliphatic rings. The molecule has 9 heteroatoms. The first kappa shape index (κ1) is 30.0. The van der Waals surface area contributed by atoms with Crippen molar-refractivity contribution in [3.8, 4) is 5.75 Å². The van der Waals surface area contributed by atoms with Crippen LogP contribution in [0, 0.1) is 0 Å². The molecule has 0 aliphatic heterocycles. The fourth-order valence-corrected chi connectivity index (χ4v) is 5.53. The minimum atomic E-state index is -0.943. The number of rotatable bonds is 11. The van der Waals surface area contributed by atoms with E-state index in [1.807, 2.05) is 48.5 Å². The average Bonchev–Trinajstić information content (AvgIpc) is 2.99. The minimum Gasteiger partial charge on any atom is -0.497 e. The number of aliphatic hydroxyl groups is 1. The monoisotopic (exact) mass is 560 g/mol. The largest absolute Gasteiger partial charge is 0.497 e. The number of ether oxygens (including phenoxy) is 1. The molecule has 2 aromatic carbocycles. The molecule has 218 valence electrons. The average molecular weight is 561 g/mol. The lowest BCUT2D eigenvalue weighted by atomic mass is 9.76. The maximum Gasteiger partial charge on any atom is 0.268 e. The van der Waals surface area contributed by atoms with E-state index in [-0.39, 0.29) is 29.2 Å². The summed E-state index contributed by atoms with van der Waals surface area (Å²) in [7, 11) is 4.81. The molecule has 4 N–H and O–H groups in total. The molecule has 9 nitrogen and oxygen atoms in total. The number of methoxy groups -OCH3 is 1. The SMILES string of the molecule is COc1cccc(C2(NC[C@@H](O)[C@H](Cc3ccccc3)NC(=O)c3cc(C(=O)N(C)C)cc(=O)[nH]3)CCCCC2)c1. The predicted octanol–water partition coefficient (Wildman–Crippen LogP) is 3.24. The smallest absolute Gasteiger partial charge is 0.268 e. The van der Waals surface area contributed by atoms with Crippen molar-refractivity contribution >= 4 is 11.8 Å². The molecule has 0 bridgehead atoms. The molecule has 1 saturated carbocycles. The van der Waals surface area contributed by atoms with Gasteiger partial charge in [-0.15, -0.1) is 0 Å². The van der Waals surface area contributed by atoms with E-state index in [4.69, 9.17) is 4.74 Å². The Labute approximate surface area is 240 Å². The molecule has 0 unspecified atom stereocenters.